The molecule has 0 aliphatic heterocycles. The Balaban J connectivity index is 3.06. The molecule has 0 bridgehead atoms. The van der Waals surface area contributed by atoms with Gasteiger partial charge in [-0.05, 0) is 17.7 Å². The smallest absolute Gasteiger partial charge is 0.246 e. The molecule has 1 aromatic heterocycles. The topological polar surface area (TPSA) is 12.9 Å². The minimum Gasteiger partial charge on any atom is -0.246 e. The van der Waals surface area contributed by atoms with Crippen LogP contribution in [0.1, 0.15) is 17.7 Å². The molecule has 0 spiro atoms. The molecule has 0 aliphatic carbocycles. The Hall–Kier alpha value is -0.770. The molecular weight excluding hydrogens is 191 g/mol. The van der Waals surface area contributed by atoms with E-state index >= 15 is 0 Å². The zero-order chi connectivity index (χ0) is 9.14. The SMILES string of the molecule is FCc1cc(Cl)nc(C(F)F)c1. The van der Waals surface area contributed by atoms with E-state index in [0.29, 0.717) is 0 Å². The third-order valence-corrected chi connectivity index (χ3v) is 1.45. The van der Waals surface area contributed by atoms with Crippen LogP contribution in [0.3, 0.4) is 0 Å². The number of rotatable bonds is 2. The van der Waals surface area contributed by atoms with Gasteiger partial charge in [0, 0.05) is 0 Å². The number of hydrogen-bond acceptors (Lipinski definition) is 1. The molecule has 1 heterocycles. The van der Waals surface area contributed by atoms with Crippen LogP contribution >= 0.6 is 11.6 Å². The highest BCUT2D eigenvalue weighted by molar-refractivity contribution is 6.29. The van der Waals surface area contributed by atoms with Crippen molar-refractivity contribution in [1.82, 2.24) is 4.98 Å². The molecule has 0 atom stereocenters. The average molecular weight is 196 g/mol. The van der Waals surface area contributed by atoms with E-state index in [1.54, 1.807) is 0 Å². The van der Waals surface area contributed by atoms with Gasteiger partial charge in [-0.15, -0.1) is 0 Å². The fraction of sp³-hybridized carbons (Fsp3) is 0.286. The maximum Gasteiger partial charge on any atom is 0.280 e. The molecule has 1 aromatic rings. The predicted octanol–water partition coefficient (Wildman–Crippen LogP) is 3.14. The lowest BCUT2D eigenvalue weighted by Gasteiger charge is -2.01. The minimum atomic E-state index is -2.71. The highest BCUT2D eigenvalue weighted by Crippen LogP contribution is 2.20. The van der Waals surface area contributed by atoms with Crippen LogP contribution < -0.4 is 0 Å². The highest BCUT2D eigenvalue weighted by atomic mass is 35.5. The van der Waals surface area contributed by atoms with Crippen molar-refractivity contribution in [2.24, 2.45) is 0 Å². The van der Waals surface area contributed by atoms with Gasteiger partial charge < -0.3 is 0 Å². The van der Waals surface area contributed by atoms with Crippen molar-refractivity contribution in [2.45, 2.75) is 13.1 Å². The van der Waals surface area contributed by atoms with Crippen LogP contribution in [0.2, 0.25) is 5.15 Å². The second kappa shape index (κ2) is 3.76. The van der Waals surface area contributed by atoms with Gasteiger partial charge in [0.05, 0.1) is 0 Å². The Kier molecular flexibility index (Phi) is 2.92. The van der Waals surface area contributed by atoms with E-state index < -0.39 is 18.8 Å². The molecule has 0 unspecified atom stereocenters. The lowest BCUT2D eigenvalue weighted by atomic mass is 10.2. The van der Waals surface area contributed by atoms with Gasteiger partial charge in [0.25, 0.3) is 6.43 Å². The number of hydrogen-bond donors (Lipinski definition) is 0. The van der Waals surface area contributed by atoms with Crippen molar-refractivity contribution >= 4 is 11.6 Å². The molecular formula is C7H5ClF3N. The summed E-state index contributed by atoms with van der Waals surface area (Å²) < 4.78 is 36.1. The molecule has 1 nitrogen and oxygen atoms in total. The summed E-state index contributed by atoms with van der Waals surface area (Å²) in [6, 6.07) is 2.21. The summed E-state index contributed by atoms with van der Waals surface area (Å²) in [5.41, 5.74) is -0.375. The molecule has 0 fully saturated rings. The van der Waals surface area contributed by atoms with E-state index in [4.69, 9.17) is 11.6 Å². The number of alkyl halides is 3. The van der Waals surface area contributed by atoms with Gasteiger partial charge in [-0.1, -0.05) is 11.6 Å². The summed E-state index contributed by atoms with van der Waals surface area (Å²) in [4.78, 5) is 3.33. The first-order valence-corrected chi connectivity index (χ1v) is 3.51. The second-order valence-corrected chi connectivity index (χ2v) is 2.54. The Bertz CT molecular complexity index is 277. The molecule has 5 heteroatoms. The Morgan fingerprint density at radius 3 is 2.58 bits per heavy atom. The fourth-order valence-corrected chi connectivity index (χ4v) is 0.999. The van der Waals surface area contributed by atoms with Crippen LogP contribution in [-0.4, -0.2) is 4.98 Å². The van der Waals surface area contributed by atoms with Gasteiger partial charge in [-0.2, -0.15) is 0 Å². The Labute approximate surface area is 72.2 Å². The predicted molar refractivity (Wildman–Crippen MR) is 39.0 cm³/mol. The zero-order valence-electron chi connectivity index (χ0n) is 5.90. The van der Waals surface area contributed by atoms with Crippen LogP contribution in [-0.2, 0) is 6.67 Å². The third-order valence-electron chi connectivity index (χ3n) is 1.25. The molecule has 66 valence electrons. The van der Waals surface area contributed by atoms with Crippen LogP contribution in [0, 0.1) is 0 Å². The summed E-state index contributed by atoms with van der Waals surface area (Å²) >= 11 is 5.36. The number of halogens is 4. The molecule has 0 aromatic carbocycles. The van der Waals surface area contributed by atoms with Gasteiger partial charge in [-0.25, -0.2) is 18.2 Å². The highest BCUT2D eigenvalue weighted by Gasteiger charge is 2.10. The zero-order valence-corrected chi connectivity index (χ0v) is 6.65. The number of aromatic nitrogens is 1. The first-order valence-electron chi connectivity index (χ1n) is 3.14. The molecule has 0 saturated heterocycles. The summed E-state index contributed by atoms with van der Waals surface area (Å²) in [6.45, 7) is -0.817. The largest absolute Gasteiger partial charge is 0.280 e. The standard InChI is InChI=1S/C7H5ClF3N/c8-6-2-4(3-9)1-5(12-6)7(10)11/h1-2,7H,3H2. The van der Waals surface area contributed by atoms with Crippen molar-refractivity contribution in [1.29, 1.82) is 0 Å². The van der Waals surface area contributed by atoms with Crippen molar-refractivity contribution in [3.8, 4) is 0 Å². The molecule has 12 heavy (non-hydrogen) atoms. The van der Waals surface area contributed by atoms with Crippen molar-refractivity contribution in [2.75, 3.05) is 0 Å². The first-order chi connectivity index (χ1) is 5.63. The lowest BCUT2D eigenvalue weighted by Crippen LogP contribution is -1.92. The van der Waals surface area contributed by atoms with Crippen LogP contribution in [0.25, 0.3) is 0 Å². The molecule has 0 saturated carbocycles. The summed E-state index contributed by atoms with van der Waals surface area (Å²) in [5, 5.41) is -0.111. The van der Waals surface area contributed by atoms with Crippen LogP contribution in [0.4, 0.5) is 13.2 Å². The average Bonchev–Trinajstić information content (AvgIpc) is 2.03. The quantitative estimate of drug-likeness (QED) is 0.661. The van der Waals surface area contributed by atoms with Gasteiger partial charge in [0.15, 0.2) is 0 Å². The third kappa shape index (κ3) is 2.11. The summed E-state index contributed by atoms with van der Waals surface area (Å²) in [7, 11) is 0. The van der Waals surface area contributed by atoms with Crippen LogP contribution in [0.15, 0.2) is 12.1 Å². The molecule has 0 aliphatic rings. The fourth-order valence-electron chi connectivity index (χ4n) is 0.761. The van der Waals surface area contributed by atoms with Crippen molar-refractivity contribution < 1.29 is 13.2 Å². The van der Waals surface area contributed by atoms with E-state index in [2.05, 4.69) is 4.98 Å². The van der Waals surface area contributed by atoms with Gasteiger partial charge in [0.2, 0.25) is 0 Å². The molecule has 0 radical (unpaired) electrons. The van der Waals surface area contributed by atoms with Crippen molar-refractivity contribution in [3.63, 3.8) is 0 Å². The van der Waals surface area contributed by atoms with E-state index in [9.17, 15) is 13.2 Å². The minimum absolute atomic E-state index is 0.111. The monoisotopic (exact) mass is 195 g/mol. The molecule has 0 amide bonds. The van der Waals surface area contributed by atoms with E-state index in [1.807, 2.05) is 0 Å². The number of nitrogens with zero attached hydrogens (tertiary/aromatic N) is 1. The summed E-state index contributed by atoms with van der Waals surface area (Å²) in [5.74, 6) is 0. The molecule has 0 N–H and O–H groups in total. The normalized spacial score (nSPS) is 10.8. The maximum absolute atomic E-state index is 12.0. The maximum atomic E-state index is 12.0. The summed E-state index contributed by atoms with van der Waals surface area (Å²) in [6.07, 6.45) is -2.71. The number of pyridine rings is 1. The second-order valence-electron chi connectivity index (χ2n) is 2.16. The van der Waals surface area contributed by atoms with E-state index in [1.165, 1.54) is 6.07 Å². The van der Waals surface area contributed by atoms with Gasteiger partial charge in [0.1, 0.15) is 17.5 Å². The van der Waals surface area contributed by atoms with Crippen LogP contribution in [0.5, 0.6) is 0 Å². The Morgan fingerprint density at radius 1 is 1.42 bits per heavy atom. The van der Waals surface area contributed by atoms with Crippen molar-refractivity contribution in [3.05, 3.63) is 28.5 Å². The Morgan fingerprint density at radius 2 is 2.08 bits per heavy atom. The molecule has 1 rings (SSSR count). The van der Waals surface area contributed by atoms with Gasteiger partial charge >= 0.3 is 0 Å². The van der Waals surface area contributed by atoms with Gasteiger partial charge in [-0.3, -0.25) is 0 Å². The lowest BCUT2D eigenvalue weighted by molar-refractivity contribution is 0.146. The first kappa shape index (κ1) is 9.32. The van der Waals surface area contributed by atoms with E-state index in [0.717, 1.165) is 6.07 Å². The van der Waals surface area contributed by atoms with E-state index in [-0.39, 0.29) is 10.7 Å².